The average molecular weight is 856 g/mol. The number of dihydropyridines is 2. The van der Waals surface area contributed by atoms with Gasteiger partial charge >= 0.3 is 0 Å². The van der Waals surface area contributed by atoms with Crippen molar-refractivity contribution in [2.75, 3.05) is 100 Å². The van der Waals surface area contributed by atoms with Crippen molar-refractivity contribution in [1.82, 2.24) is 25.3 Å². The lowest BCUT2D eigenvalue weighted by Gasteiger charge is -2.26. The fraction of sp³-hybridized carbons (Fsp3) is 0.512. The highest BCUT2D eigenvalue weighted by molar-refractivity contribution is 7.84. The summed E-state index contributed by atoms with van der Waals surface area (Å²) < 4.78 is 15.3. The molecule has 2 aromatic heterocycles. The first kappa shape index (κ1) is 48.1. The number of thiol groups is 2. The molecular formula is C41H57N7O5S4. The van der Waals surface area contributed by atoms with Gasteiger partial charge in [0.1, 0.15) is 0 Å². The van der Waals surface area contributed by atoms with Crippen LogP contribution in [0.2, 0.25) is 0 Å². The first-order valence-corrected chi connectivity index (χ1v) is 21.4. The van der Waals surface area contributed by atoms with E-state index in [-0.39, 0.29) is 23.4 Å². The number of thiophene rings is 2. The first-order valence-electron chi connectivity index (χ1n) is 18.8. The Bertz CT molecular complexity index is 1660. The lowest BCUT2D eigenvalue weighted by Crippen LogP contribution is -2.32. The zero-order valence-electron chi connectivity index (χ0n) is 34.1. The summed E-state index contributed by atoms with van der Waals surface area (Å²) in [5.74, 6) is -0.624. The van der Waals surface area contributed by atoms with Gasteiger partial charge in [-0.15, -0.1) is 47.9 Å². The molecule has 310 valence electrons. The topological polar surface area (TPSA) is 143 Å². The summed E-state index contributed by atoms with van der Waals surface area (Å²) in [5, 5.41) is 29.5. The predicted octanol–water partition coefficient (Wildman–Crippen LogP) is 5.77. The third-order valence-corrected chi connectivity index (χ3v) is 12.0. The summed E-state index contributed by atoms with van der Waals surface area (Å²) in [7, 11) is 6.34. The fourth-order valence-electron chi connectivity index (χ4n) is 6.23. The van der Waals surface area contributed by atoms with Gasteiger partial charge in [0.2, 0.25) is 0 Å². The predicted molar refractivity (Wildman–Crippen MR) is 235 cm³/mol. The number of ketones is 2. The number of Topliss-reactive ketones (excluding diaryl/α,β-unsaturated/α-hetero) is 2. The van der Waals surface area contributed by atoms with Crippen LogP contribution >= 0.6 is 47.9 Å². The lowest BCUT2D eigenvalue weighted by molar-refractivity contribution is -0.114. The maximum Gasteiger partial charge on any atom is 0.158 e. The Balaban J connectivity index is 0.000000206. The van der Waals surface area contributed by atoms with Gasteiger partial charge in [0.25, 0.3) is 0 Å². The molecule has 0 saturated carbocycles. The Morgan fingerprint density at radius 1 is 0.649 bits per heavy atom. The first-order chi connectivity index (χ1) is 27.3. The van der Waals surface area contributed by atoms with Crippen LogP contribution in [0.5, 0.6) is 0 Å². The van der Waals surface area contributed by atoms with Crippen molar-refractivity contribution in [3.8, 4) is 12.1 Å². The number of allylic oxidation sites excluding steroid dienone is 6. The van der Waals surface area contributed by atoms with E-state index in [1.54, 1.807) is 22.7 Å². The van der Waals surface area contributed by atoms with E-state index in [4.69, 9.17) is 14.2 Å². The zero-order chi connectivity index (χ0) is 41.9. The lowest BCUT2D eigenvalue weighted by atomic mass is 9.85. The number of hydrogen-bond acceptors (Lipinski definition) is 16. The molecule has 7 rings (SSSR count). The molecule has 3 fully saturated rings. The van der Waals surface area contributed by atoms with Crippen molar-refractivity contribution in [2.24, 2.45) is 0 Å². The molecule has 5 aliphatic rings. The molecule has 3 saturated heterocycles. The van der Waals surface area contributed by atoms with Crippen LogP contribution in [0, 0.1) is 22.7 Å². The monoisotopic (exact) mass is 855 g/mol. The summed E-state index contributed by atoms with van der Waals surface area (Å²) in [6.07, 6.45) is 0. The SMILES string of the molecule is CC(=O)C1=C(C)NC(S)=C(C#N)C1c1cccs1.CC(=O)C1=C(C)NC(S)=C(C#N)C1c1cccs1.CN1CCOCC1.CN1CCOCC1.CN1CCOCC1. The second-order valence-electron chi connectivity index (χ2n) is 13.8. The average Bonchev–Trinajstić information content (AvgIpc) is 3.92. The minimum absolute atomic E-state index is 0.0213. The molecule has 0 radical (unpaired) electrons. The summed E-state index contributed by atoms with van der Waals surface area (Å²) >= 11 is 11.7. The van der Waals surface area contributed by atoms with Crippen LogP contribution in [0.3, 0.4) is 0 Å². The highest BCUT2D eigenvalue weighted by Crippen LogP contribution is 2.41. The van der Waals surface area contributed by atoms with E-state index in [2.05, 4.69) is 83.9 Å². The van der Waals surface area contributed by atoms with Gasteiger partial charge in [0.15, 0.2) is 11.6 Å². The quantitative estimate of drug-likeness (QED) is 0.278. The van der Waals surface area contributed by atoms with Crippen LogP contribution in [0.4, 0.5) is 0 Å². The molecule has 7 heterocycles. The van der Waals surface area contributed by atoms with E-state index in [0.29, 0.717) is 32.4 Å². The van der Waals surface area contributed by atoms with Crippen LogP contribution in [0.25, 0.3) is 0 Å². The number of nitrogens with one attached hydrogen (secondary N) is 2. The number of morpholine rings is 3. The van der Waals surface area contributed by atoms with Gasteiger partial charge in [-0.25, -0.2) is 0 Å². The second-order valence-corrected chi connectivity index (χ2v) is 16.7. The molecule has 2 atom stereocenters. The van der Waals surface area contributed by atoms with E-state index in [1.807, 2.05) is 48.9 Å². The van der Waals surface area contributed by atoms with E-state index in [0.717, 1.165) is 100 Å². The normalized spacial score (nSPS) is 21.7. The second kappa shape index (κ2) is 25.3. The van der Waals surface area contributed by atoms with Gasteiger partial charge in [-0.2, -0.15) is 10.5 Å². The van der Waals surface area contributed by atoms with Gasteiger partial charge < -0.3 is 39.5 Å². The van der Waals surface area contributed by atoms with Gasteiger partial charge in [0.05, 0.1) is 84.8 Å². The van der Waals surface area contributed by atoms with Crippen molar-refractivity contribution in [3.05, 3.63) is 88.5 Å². The molecule has 2 N–H and O–H groups in total. The molecular weight excluding hydrogens is 799 g/mol. The van der Waals surface area contributed by atoms with E-state index in [9.17, 15) is 20.1 Å². The van der Waals surface area contributed by atoms with Gasteiger partial charge in [-0.05, 0) is 71.7 Å². The molecule has 2 unspecified atom stereocenters. The van der Waals surface area contributed by atoms with Crippen LogP contribution in [0.1, 0.15) is 49.3 Å². The van der Waals surface area contributed by atoms with E-state index in [1.165, 1.54) is 13.8 Å². The Kier molecular flexibility index (Phi) is 21.3. The van der Waals surface area contributed by atoms with Gasteiger partial charge in [-0.1, -0.05) is 12.1 Å². The smallest absolute Gasteiger partial charge is 0.158 e. The molecule has 0 spiro atoms. The number of likely N-dealkylation sites (N-methyl/N-ethyl adjacent to an activating group) is 3. The molecule has 0 bridgehead atoms. The highest BCUT2D eigenvalue weighted by Gasteiger charge is 2.33. The van der Waals surface area contributed by atoms with Crippen molar-refractivity contribution in [3.63, 3.8) is 0 Å². The zero-order valence-corrected chi connectivity index (χ0v) is 37.5. The van der Waals surface area contributed by atoms with Crippen LogP contribution in [-0.4, -0.2) is 126 Å². The Hall–Kier alpha value is -3.26. The molecule has 12 nitrogen and oxygen atoms in total. The number of ether oxygens (including phenoxy) is 3. The van der Waals surface area contributed by atoms with Crippen LogP contribution in [-0.2, 0) is 23.8 Å². The number of carbonyl (C=O) groups is 2. The van der Waals surface area contributed by atoms with Crippen molar-refractivity contribution < 1.29 is 23.8 Å². The minimum Gasteiger partial charge on any atom is -0.379 e. The number of rotatable bonds is 4. The molecule has 57 heavy (non-hydrogen) atoms. The largest absolute Gasteiger partial charge is 0.379 e. The van der Waals surface area contributed by atoms with Gasteiger partial charge in [-0.3, -0.25) is 9.59 Å². The third-order valence-electron chi connectivity index (χ3n) is 9.44. The van der Waals surface area contributed by atoms with Gasteiger partial charge in [0, 0.05) is 71.6 Å². The Morgan fingerprint density at radius 3 is 1.14 bits per heavy atom. The standard InChI is InChI=1S/2C13H12N2OS2.3C5H11NO/c2*1-7-11(8(2)16)12(10-4-3-5-18-10)9(6-14)13(17)15-7;3*1-6-2-4-7-5-3-6/h2*3-5,12,15,17H,1-2H3;3*2-5H2,1H3. The minimum atomic E-state index is -0.291. The van der Waals surface area contributed by atoms with Crippen molar-refractivity contribution in [1.29, 1.82) is 10.5 Å². The van der Waals surface area contributed by atoms with Crippen LogP contribution < -0.4 is 10.6 Å². The Labute approximate surface area is 357 Å². The molecule has 0 amide bonds. The summed E-state index contributed by atoms with van der Waals surface area (Å²) in [5.41, 5.74) is 3.82. The van der Waals surface area contributed by atoms with E-state index < -0.39 is 0 Å². The maximum absolute atomic E-state index is 11.8. The summed E-state index contributed by atoms with van der Waals surface area (Å²) in [6.45, 7) is 18.8. The maximum atomic E-state index is 11.8. The molecule has 16 heteroatoms. The summed E-state index contributed by atoms with van der Waals surface area (Å²) in [4.78, 5) is 32.4. The number of nitrogens with zero attached hydrogens (tertiary/aromatic N) is 5. The number of carbonyl (C=O) groups excluding carboxylic acids is 2. The molecule has 2 aromatic rings. The molecule has 0 aliphatic carbocycles. The summed E-state index contributed by atoms with van der Waals surface area (Å²) in [6, 6.07) is 12.0. The fourth-order valence-corrected chi connectivity index (χ4v) is 8.61. The molecule has 5 aliphatic heterocycles. The van der Waals surface area contributed by atoms with Crippen molar-refractivity contribution in [2.45, 2.75) is 39.5 Å². The van der Waals surface area contributed by atoms with Crippen molar-refractivity contribution >= 4 is 59.5 Å². The third kappa shape index (κ3) is 15.1. The van der Waals surface area contributed by atoms with Crippen LogP contribution in [0.15, 0.2) is 78.8 Å². The number of hydrogen-bond donors (Lipinski definition) is 4. The number of nitriles is 2. The highest BCUT2D eigenvalue weighted by atomic mass is 32.1. The molecule has 0 aromatic carbocycles. The Morgan fingerprint density at radius 2 is 0.947 bits per heavy atom. The van der Waals surface area contributed by atoms with E-state index >= 15 is 0 Å².